The molecule has 1 heterocycles. The van der Waals surface area contributed by atoms with Crippen molar-refractivity contribution in [1.29, 1.82) is 0 Å². The van der Waals surface area contributed by atoms with E-state index in [1.807, 2.05) is 0 Å². The molecule has 0 saturated carbocycles. The van der Waals surface area contributed by atoms with Crippen LogP contribution in [0.5, 0.6) is 0 Å². The van der Waals surface area contributed by atoms with Gasteiger partial charge in [0.1, 0.15) is 0 Å². The predicted octanol–water partition coefficient (Wildman–Crippen LogP) is 6.17. The lowest BCUT2D eigenvalue weighted by Crippen LogP contribution is -2.27. The van der Waals surface area contributed by atoms with Crippen LogP contribution < -0.4 is 0 Å². The van der Waals surface area contributed by atoms with Gasteiger partial charge in [0.2, 0.25) is 0 Å². The average Bonchev–Trinajstić information content (AvgIpc) is 2.74. The van der Waals surface area contributed by atoms with Crippen LogP contribution in [-0.4, -0.2) is 18.0 Å². The van der Waals surface area contributed by atoms with Crippen LogP contribution in [0.1, 0.15) is 36.8 Å². The van der Waals surface area contributed by atoms with E-state index in [0.29, 0.717) is 0 Å². The molecule has 0 aromatic heterocycles. The number of hydrogen-bond donors (Lipinski definition) is 0. The fourth-order valence-electron chi connectivity index (χ4n) is 4.11. The summed E-state index contributed by atoms with van der Waals surface area (Å²) in [5, 5.41) is 0. The molecule has 132 valence electrons. The Morgan fingerprint density at radius 2 is 1.62 bits per heavy atom. The molecule has 0 bridgehead atoms. The van der Waals surface area contributed by atoms with Gasteiger partial charge in [0.15, 0.2) is 0 Å². The van der Waals surface area contributed by atoms with Gasteiger partial charge in [-0.3, -0.25) is 0 Å². The molecule has 1 heteroatoms. The molecule has 2 aliphatic rings. The van der Waals surface area contributed by atoms with Gasteiger partial charge in [-0.15, -0.1) is 0 Å². The predicted molar refractivity (Wildman–Crippen MR) is 112 cm³/mol. The lowest BCUT2D eigenvalue weighted by molar-refractivity contribution is 0.355. The van der Waals surface area contributed by atoms with E-state index in [1.165, 1.54) is 42.5 Å². The molecule has 2 aromatic carbocycles. The molecule has 0 radical (unpaired) electrons. The minimum absolute atomic E-state index is 0.790. The zero-order valence-electron chi connectivity index (χ0n) is 15.4. The van der Waals surface area contributed by atoms with E-state index in [4.69, 9.17) is 0 Å². The van der Waals surface area contributed by atoms with E-state index in [0.717, 1.165) is 19.0 Å². The van der Waals surface area contributed by atoms with Gasteiger partial charge >= 0.3 is 0 Å². The molecule has 1 unspecified atom stereocenters. The molecule has 26 heavy (non-hydrogen) atoms. The van der Waals surface area contributed by atoms with E-state index in [9.17, 15) is 0 Å². The highest BCUT2D eigenvalue weighted by Gasteiger charge is 2.19. The van der Waals surface area contributed by atoms with Crippen LogP contribution in [0.4, 0.5) is 0 Å². The molecule has 1 aliphatic heterocycles. The van der Waals surface area contributed by atoms with Crippen molar-refractivity contribution in [1.82, 2.24) is 4.90 Å². The van der Waals surface area contributed by atoms with Gasteiger partial charge in [-0.25, -0.2) is 0 Å². The van der Waals surface area contributed by atoms with E-state index < -0.39 is 0 Å². The second-order valence-corrected chi connectivity index (χ2v) is 7.32. The second-order valence-electron chi connectivity index (χ2n) is 7.32. The molecule has 0 amide bonds. The van der Waals surface area contributed by atoms with Gasteiger partial charge in [0.05, 0.1) is 0 Å². The lowest BCUT2D eigenvalue weighted by Gasteiger charge is -2.31. The van der Waals surface area contributed by atoms with Gasteiger partial charge in [-0.1, -0.05) is 78.9 Å². The summed E-state index contributed by atoms with van der Waals surface area (Å²) in [6, 6.07) is 21.7. The first kappa shape index (κ1) is 16.9. The number of benzene rings is 2. The van der Waals surface area contributed by atoms with Crippen molar-refractivity contribution < 1.29 is 0 Å². The SMILES string of the molecule is C1=CCN(CCC2CCC=C(c3ccccc3)C2)C(c2ccccc2)=C1. The summed E-state index contributed by atoms with van der Waals surface area (Å²) >= 11 is 0. The van der Waals surface area contributed by atoms with Crippen LogP contribution in [-0.2, 0) is 0 Å². The van der Waals surface area contributed by atoms with E-state index in [1.54, 1.807) is 5.57 Å². The topological polar surface area (TPSA) is 3.24 Å². The van der Waals surface area contributed by atoms with Gasteiger partial charge < -0.3 is 4.90 Å². The Morgan fingerprint density at radius 3 is 2.38 bits per heavy atom. The highest BCUT2D eigenvalue weighted by atomic mass is 15.1. The molecule has 1 nitrogen and oxygen atoms in total. The third-order valence-electron chi connectivity index (χ3n) is 5.55. The van der Waals surface area contributed by atoms with Crippen molar-refractivity contribution in [3.8, 4) is 0 Å². The molecule has 1 aliphatic carbocycles. The van der Waals surface area contributed by atoms with Crippen LogP contribution >= 0.6 is 0 Å². The third-order valence-corrected chi connectivity index (χ3v) is 5.55. The maximum absolute atomic E-state index is 2.54. The molecule has 4 rings (SSSR count). The number of nitrogens with zero attached hydrogens (tertiary/aromatic N) is 1. The molecule has 0 saturated heterocycles. The third kappa shape index (κ3) is 3.99. The zero-order chi connectivity index (χ0) is 17.6. The number of hydrogen-bond acceptors (Lipinski definition) is 1. The maximum atomic E-state index is 2.54. The first-order chi connectivity index (χ1) is 12.9. The van der Waals surface area contributed by atoms with Crippen molar-refractivity contribution in [2.45, 2.75) is 25.7 Å². The smallest absolute Gasteiger partial charge is 0.0442 e. The Balaban J connectivity index is 1.39. The summed E-state index contributed by atoms with van der Waals surface area (Å²) in [6.07, 6.45) is 14.2. The summed E-state index contributed by atoms with van der Waals surface area (Å²) < 4.78 is 0. The van der Waals surface area contributed by atoms with E-state index in [-0.39, 0.29) is 0 Å². The van der Waals surface area contributed by atoms with Gasteiger partial charge in [-0.2, -0.15) is 0 Å². The Hall–Kier alpha value is -2.54. The first-order valence-corrected chi connectivity index (χ1v) is 9.82. The lowest BCUT2D eigenvalue weighted by atomic mass is 9.83. The highest BCUT2D eigenvalue weighted by molar-refractivity contribution is 5.67. The molecular formula is C25H27N. The quantitative estimate of drug-likeness (QED) is 0.628. The normalized spacial score (nSPS) is 19.8. The average molecular weight is 341 g/mol. The van der Waals surface area contributed by atoms with Crippen molar-refractivity contribution in [3.05, 3.63) is 96.1 Å². The van der Waals surface area contributed by atoms with Crippen molar-refractivity contribution >= 4 is 11.3 Å². The molecular weight excluding hydrogens is 314 g/mol. The second kappa shape index (κ2) is 8.23. The maximum Gasteiger partial charge on any atom is 0.0442 e. The fraction of sp³-hybridized carbons (Fsp3) is 0.280. The summed E-state index contributed by atoms with van der Waals surface area (Å²) in [4.78, 5) is 2.54. The molecule has 1 atom stereocenters. The fourth-order valence-corrected chi connectivity index (χ4v) is 4.11. The zero-order valence-corrected chi connectivity index (χ0v) is 15.4. The molecule has 0 fully saturated rings. The standard InChI is InChI=1S/C25H27N/c1-3-11-22(12-4-1)24-15-9-10-21(20-24)17-19-26-18-8-7-16-25(26)23-13-5-2-6-14-23/h1-8,11-16,21H,9-10,17-20H2. The summed E-state index contributed by atoms with van der Waals surface area (Å²) in [6.45, 7) is 2.16. The minimum Gasteiger partial charge on any atom is -0.367 e. The van der Waals surface area contributed by atoms with Crippen LogP contribution in [0.25, 0.3) is 11.3 Å². The largest absolute Gasteiger partial charge is 0.367 e. The van der Waals surface area contributed by atoms with Crippen molar-refractivity contribution in [2.75, 3.05) is 13.1 Å². The highest BCUT2D eigenvalue weighted by Crippen LogP contribution is 2.33. The molecule has 0 N–H and O–H groups in total. The minimum atomic E-state index is 0.790. The van der Waals surface area contributed by atoms with Gasteiger partial charge in [0, 0.05) is 18.8 Å². The van der Waals surface area contributed by atoms with Gasteiger partial charge in [0.25, 0.3) is 0 Å². The van der Waals surface area contributed by atoms with Crippen LogP contribution in [0.2, 0.25) is 0 Å². The van der Waals surface area contributed by atoms with E-state index in [2.05, 4.69) is 89.9 Å². The molecule has 0 spiro atoms. The van der Waals surface area contributed by atoms with Crippen LogP contribution in [0, 0.1) is 5.92 Å². The van der Waals surface area contributed by atoms with Gasteiger partial charge in [-0.05, 0) is 54.4 Å². The van der Waals surface area contributed by atoms with Crippen LogP contribution in [0.3, 0.4) is 0 Å². The number of allylic oxidation sites excluding steroid dienone is 4. The van der Waals surface area contributed by atoms with Crippen molar-refractivity contribution in [2.24, 2.45) is 5.92 Å². The summed E-state index contributed by atoms with van der Waals surface area (Å²) in [5.41, 5.74) is 5.63. The van der Waals surface area contributed by atoms with Crippen molar-refractivity contribution in [3.63, 3.8) is 0 Å². The molecule has 2 aromatic rings. The first-order valence-electron chi connectivity index (χ1n) is 9.82. The Bertz CT molecular complexity index is 799. The monoisotopic (exact) mass is 341 g/mol. The Kier molecular flexibility index (Phi) is 5.35. The van der Waals surface area contributed by atoms with E-state index >= 15 is 0 Å². The number of rotatable bonds is 5. The Morgan fingerprint density at radius 1 is 0.885 bits per heavy atom. The summed E-state index contributed by atoms with van der Waals surface area (Å²) in [5.74, 6) is 0.790. The summed E-state index contributed by atoms with van der Waals surface area (Å²) in [7, 11) is 0. The Labute approximate surface area is 157 Å². The van der Waals surface area contributed by atoms with Crippen LogP contribution in [0.15, 0.2) is 85.0 Å².